The van der Waals surface area contributed by atoms with Crippen LogP contribution in [0.15, 0.2) is 170 Å². The molecule has 16 nitrogen and oxygen atoms in total. The fraction of sp³-hybridized carbons (Fsp3) is 0.267. The SMILES string of the molecule is CS(=O)(=O)CCCN(CCC(c1ccccc1)c1ccccc1)C(=O)Nc1nc(-c2ccc(NS(C)(=O)=O)cc2)c(Cl)s1.CSCCCN(CCC(c1ccccc1)c1ccccc1)C(=O)Nc1nc(-c2ccc(NS(C)(=O)=O)cc2)c(Cl)s1. The molecular formula is C60H66Cl2N8O8S6. The second-order valence-electron chi connectivity index (χ2n) is 19.7. The lowest BCUT2D eigenvalue weighted by atomic mass is 9.88. The molecule has 0 atom stereocenters. The third-order valence-corrected chi connectivity index (χ3v) is 18.3. The molecule has 444 valence electrons. The summed E-state index contributed by atoms with van der Waals surface area (Å²) in [5.41, 5.74) is 7.88. The number of anilines is 4. The first-order valence-electron chi connectivity index (χ1n) is 26.6. The van der Waals surface area contributed by atoms with Gasteiger partial charge in [-0.25, -0.2) is 44.8 Å². The summed E-state index contributed by atoms with van der Waals surface area (Å²) in [4.78, 5) is 39.6. The van der Waals surface area contributed by atoms with Crippen molar-refractivity contribution < 1.29 is 34.8 Å². The number of thiazole rings is 2. The van der Waals surface area contributed by atoms with Gasteiger partial charge in [-0.3, -0.25) is 20.1 Å². The normalized spacial score (nSPS) is 11.6. The van der Waals surface area contributed by atoms with E-state index in [4.69, 9.17) is 23.2 Å². The fourth-order valence-electron chi connectivity index (χ4n) is 9.14. The minimum atomic E-state index is -3.41. The molecule has 0 aliphatic rings. The Balaban J connectivity index is 0.000000241. The molecule has 4 N–H and O–H groups in total. The van der Waals surface area contributed by atoms with Crippen LogP contribution in [0.25, 0.3) is 22.5 Å². The zero-order valence-electron chi connectivity index (χ0n) is 46.7. The minimum absolute atomic E-state index is 0.0327. The van der Waals surface area contributed by atoms with Gasteiger partial charge in [-0.05, 0) is 84.2 Å². The summed E-state index contributed by atoms with van der Waals surface area (Å²) in [6.45, 7) is 1.83. The average molecular weight is 1290 g/mol. The quantitative estimate of drug-likeness (QED) is 0.0374. The van der Waals surface area contributed by atoms with E-state index in [9.17, 15) is 34.8 Å². The first-order valence-corrected chi connectivity index (χ1v) is 36.2. The Kier molecular flexibility index (Phi) is 24.0. The van der Waals surface area contributed by atoms with Crippen LogP contribution in [0.3, 0.4) is 0 Å². The number of benzene rings is 6. The average Bonchev–Trinajstić information content (AvgIpc) is 4.23. The van der Waals surface area contributed by atoms with Crippen molar-refractivity contribution in [1.29, 1.82) is 0 Å². The van der Waals surface area contributed by atoms with Crippen LogP contribution < -0.4 is 20.1 Å². The van der Waals surface area contributed by atoms with Gasteiger partial charge in [0.15, 0.2) is 10.3 Å². The molecule has 8 rings (SSSR count). The third kappa shape index (κ3) is 20.9. The number of hydrogen-bond donors (Lipinski definition) is 4. The number of amides is 4. The van der Waals surface area contributed by atoms with E-state index in [0.29, 0.717) is 79.7 Å². The van der Waals surface area contributed by atoms with Crippen molar-refractivity contribution in [3.05, 3.63) is 201 Å². The van der Waals surface area contributed by atoms with Crippen molar-refractivity contribution in [2.45, 2.75) is 37.5 Å². The maximum atomic E-state index is 13.5. The lowest BCUT2D eigenvalue weighted by Crippen LogP contribution is -2.37. The van der Waals surface area contributed by atoms with E-state index in [1.165, 1.54) is 28.7 Å². The van der Waals surface area contributed by atoms with Crippen molar-refractivity contribution in [3.63, 3.8) is 0 Å². The van der Waals surface area contributed by atoms with Gasteiger partial charge in [0.05, 0.1) is 18.3 Å². The molecule has 0 aliphatic heterocycles. The summed E-state index contributed by atoms with van der Waals surface area (Å²) in [7, 11) is -9.98. The van der Waals surface area contributed by atoms with Crippen LogP contribution >= 0.6 is 57.6 Å². The molecule has 4 amide bonds. The molecule has 0 aliphatic carbocycles. The predicted octanol–water partition coefficient (Wildman–Crippen LogP) is 14.0. The highest BCUT2D eigenvalue weighted by atomic mass is 35.5. The zero-order valence-corrected chi connectivity index (χ0v) is 53.1. The number of rotatable bonds is 26. The molecule has 2 aromatic heterocycles. The number of nitrogens with zero attached hydrogens (tertiary/aromatic N) is 4. The van der Waals surface area contributed by atoms with E-state index in [1.54, 1.807) is 65.2 Å². The van der Waals surface area contributed by atoms with E-state index in [0.717, 1.165) is 59.1 Å². The first kappa shape index (κ1) is 65.1. The topological polar surface area (TPSA) is 217 Å². The predicted molar refractivity (Wildman–Crippen MR) is 349 cm³/mol. The van der Waals surface area contributed by atoms with Crippen LogP contribution in [0.5, 0.6) is 0 Å². The van der Waals surface area contributed by atoms with E-state index >= 15 is 0 Å². The first-order chi connectivity index (χ1) is 40.1. The number of hydrogen-bond acceptors (Lipinski definition) is 13. The number of carbonyl (C=O) groups is 2. The van der Waals surface area contributed by atoms with Crippen molar-refractivity contribution in [2.24, 2.45) is 0 Å². The van der Waals surface area contributed by atoms with E-state index in [1.807, 2.05) is 77.7 Å². The molecule has 6 aromatic carbocycles. The molecule has 24 heteroatoms. The number of carbonyl (C=O) groups excluding carboxylic acids is 2. The highest BCUT2D eigenvalue weighted by molar-refractivity contribution is 7.98. The summed E-state index contributed by atoms with van der Waals surface area (Å²) in [6, 6.07) is 53.6. The molecule has 8 aromatic rings. The Morgan fingerprint density at radius 2 is 0.833 bits per heavy atom. The van der Waals surface area contributed by atoms with Gasteiger partial charge in [-0.2, -0.15) is 11.8 Å². The Morgan fingerprint density at radius 3 is 1.14 bits per heavy atom. The van der Waals surface area contributed by atoms with Gasteiger partial charge >= 0.3 is 12.1 Å². The van der Waals surface area contributed by atoms with Crippen molar-refractivity contribution in [2.75, 3.05) is 82.8 Å². The molecule has 0 saturated carbocycles. The van der Waals surface area contributed by atoms with E-state index in [2.05, 4.69) is 84.8 Å². The van der Waals surface area contributed by atoms with Gasteiger partial charge in [0.1, 0.15) is 29.9 Å². The number of halogens is 2. The number of sulfone groups is 1. The third-order valence-electron chi connectivity index (χ3n) is 13.0. The smallest absolute Gasteiger partial charge is 0.323 e. The lowest BCUT2D eigenvalue weighted by molar-refractivity contribution is 0.209. The summed E-state index contributed by atoms with van der Waals surface area (Å²) in [5.74, 6) is 1.12. The Hall–Kier alpha value is -6.50. The van der Waals surface area contributed by atoms with Crippen LogP contribution in [-0.4, -0.2) is 120 Å². The van der Waals surface area contributed by atoms with Gasteiger partial charge in [0.25, 0.3) is 0 Å². The summed E-state index contributed by atoms with van der Waals surface area (Å²) >= 11 is 17.0. The maximum absolute atomic E-state index is 13.5. The maximum Gasteiger partial charge on any atom is 0.323 e. The summed E-state index contributed by atoms with van der Waals surface area (Å²) in [5, 5.41) is 6.49. The van der Waals surface area contributed by atoms with Gasteiger partial charge in [-0.1, -0.05) is 191 Å². The number of thioether (sulfide) groups is 1. The lowest BCUT2D eigenvalue weighted by Gasteiger charge is -2.26. The second kappa shape index (κ2) is 31.1. The molecule has 84 heavy (non-hydrogen) atoms. The molecule has 0 fully saturated rings. The van der Waals surface area contributed by atoms with Gasteiger partial charge in [-0.15, -0.1) is 0 Å². The molecule has 0 unspecified atom stereocenters. The molecule has 0 radical (unpaired) electrons. The highest BCUT2D eigenvalue weighted by Crippen LogP contribution is 2.38. The molecule has 2 heterocycles. The van der Waals surface area contributed by atoms with Crippen molar-refractivity contribution >= 4 is 121 Å². The number of aromatic nitrogens is 2. The largest absolute Gasteiger partial charge is 0.324 e. The zero-order chi connectivity index (χ0) is 60.3. The monoisotopic (exact) mass is 1290 g/mol. The fourth-order valence-corrected chi connectivity index (χ4v) is 13.5. The number of sulfonamides is 2. The molecule has 0 bridgehead atoms. The number of nitrogens with one attached hydrogen (secondary N) is 4. The van der Waals surface area contributed by atoms with Gasteiger partial charge < -0.3 is 9.80 Å². The molecule has 0 saturated heterocycles. The van der Waals surface area contributed by atoms with Crippen molar-refractivity contribution in [1.82, 2.24) is 19.8 Å². The van der Waals surface area contributed by atoms with Crippen molar-refractivity contribution in [3.8, 4) is 22.5 Å². The van der Waals surface area contributed by atoms with Gasteiger partial charge in [0, 0.05) is 66.8 Å². The van der Waals surface area contributed by atoms with Gasteiger partial charge in [0.2, 0.25) is 20.0 Å². The van der Waals surface area contributed by atoms with E-state index in [-0.39, 0.29) is 30.2 Å². The highest BCUT2D eigenvalue weighted by Gasteiger charge is 2.24. The Morgan fingerprint density at radius 1 is 0.500 bits per heavy atom. The molecular weight excluding hydrogens is 1220 g/mol. The van der Waals surface area contributed by atoms with Crippen LogP contribution in [0.2, 0.25) is 8.67 Å². The standard InChI is InChI=1S/C30H33ClN4O5S3.C30H33ClN4O3S3/c1-42(37,38)21-9-19-35(20-18-26(22-10-5-3-6-11-22)23-12-7-4-8-13-23)30(36)33-29-32-27(28(31)41-29)24-14-16-25(17-15-24)34-43(2,39)40;1-39-21-9-19-35(20-18-26(22-10-5-3-6-11-22)23-12-7-4-8-13-23)30(36)33-29-32-27(28(31)40-29)24-14-16-25(17-15-24)34-41(2,37)38/h3-8,10-17,26,34H,9,18-21H2,1-2H3,(H,32,33,36);3-8,10-17,26,34H,9,18-21H2,1-2H3,(H,32,33,36). The minimum Gasteiger partial charge on any atom is -0.324 e. The van der Waals surface area contributed by atoms with Crippen LogP contribution in [0.1, 0.15) is 59.8 Å². The van der Waals surface area contributed by atoms with Crippen LogP contribution in [0, 0.1) is 0 Å². The molecule has 0 spiro atoms. The van der Waals surface area contributed by atoms with Crippen LogP contribution in [-0.2, 0) is 29.9 Å². The van der Waals surface area contributed by atoms with E-state index < -0.39 is 35.9 Å². The summed E-state index contributed by atoms with van der Waals surface area (Å²) < 4.78 is 75.2. The summed E-state index contributed by atoms with van der Waals surface area (Å²) in [6.07, 6.45) is 7.99. The Bertz CT molecular complexity index is 3660. The number of urea groups is 2. The Labute approximate surface area is 515 Å². The van der Waals surface area contributed by atoms with Crippen LogP contribution in [0.4, 0.5) is 31.2 Å². The second-order valence-corrected chi connectivity index (χ2v) is 29.6.